The molecule has 2 aliphatic heterocycles. The molecule has 2 aliphatic rings. The minimum Gasteiger partial charge on any atom is -0.497 e. The van der Waals surface area contributed by atoms with Gasteiger partial charge in [0.1, 0.15) is 17.4 Å². The number of halogens is 1. The van der Waals surface area contributed by atoms with E-state index in [1.807, 2.05) is 25.1 Å². The summed E-state index contributed by atoms with van der Waals surface area (Å²) in [4.78, 5) is 34.6. The number of methoxy groups -OCH3 is 2. The fraction of sp³-hybridized carbons (Fsp3) is 0.231. The van der Waals surface area contributed by atoms with Crippen molar-refractivity contribution in [2.75, 3.05) is 24.2 Å². The number of carbonyl (C=O) groups is 2. The van der Waals surface area contributed by atoms with Gasteiger partial charge in [-0.15, -0.1) is 0 Å². The van der Waals surface area contributed by atoms with E-state index in [0.717, 1.165) is 5.56 Å². The second kappa shape index (κ2) is 8.66. The number of amides is 2. The largest absolute Gasteiger partial charge is 0.497 e. The van der Waals surface area contributed by atoms with Crippen LogP contribution in [0.3, 0.4) is 0 Å². The van der Waals surface area contributed by atoms with Crippen molar-refractivity contribution in [3.8, 4) is 11.5 Å². The number of carbonyl (C=O) groups excluding carboxylic acids is 2. The molecule has 0 unspecified atom stereocenters. The Balaban J connectivity index is 1.62. The topological polar surface area (TPSA) is 68.3 Å². The summed E-state index contributed by atoms with van der Waals surface area (Å²) in [7, 11) is 3.13. The van der Waals surface area contributed by atoms with Crippen molar-refractivity contribution in [1.82, 2.24) is 0 Å². The molecular weight excluding hydrogens is 456 g/mol. The van der Waals surface area contributed by atoms with E-state index in [9.17, 15) is 9.59 Å². The lowest BCUT2D eigenvalue weighted by molar-refractivity contribution is -0.126. The highest BCUT2D eigenvalue weighted by atomic mass is 35.5. The van der Waals surface area contributed by atoms with Crippen molar-refractivity contribution in [3.63, 3.8) is 0 Å². The molecule has 3 aromatic carbocycles. The van der Waals surface area contributed by atoms with Gasteiger partial charge in [0, 0.05) is 16.7 Å². The predicted octanol–water partition coefficient (Wildman–Crippen LogP) is 4.72. The van der Waals surface area contributed by atoms with Crippen LogP contribution in [-0.2, 0) is 14.4 Å². The first-order chi connectivity index (χ1) is 16.4. The minimum atomic E-state index is -0.971. The molecule has 0 aliphatic carbocycles. The van der Waals surface area contributed by atoms with Crippen LogP contribution in [0.5, 0.6) is 11.5 Å². The number of ether oxygens (including phenoxy) is 2. The van der Waals surface area contributed by atoms with Gasteiger partial charge in [-0.05, 0) is 55.5 Å². The maximum absolute atomic E-state index is 13.7. The van der Waals surface area contributed by atoms with Crippen LogP contribution in [0.2, 0.25) is 5.02 Å². The molecule has 8 heteroatoms. The van der Waals surface area contributed by atoms with Gasteiger partial charge in [-0.2, -0.15) is 0 Å². The number of hydrogen-bond donors (Lipinski definition) is 0. The molecule has 34 heavy (non-hydrogen) atoms. The van der Waals surface area contributed by atoms with Gasteiger partial charge >= 0.3 is 0 Å². The first kappa shape index (κ1) is 22.3. The minimum absolute atomic E-state index is 0.321. The van der Waals surface area contributed by atoms with Gasteiger partial charge in [0.25, 0.3) is 5.91 Å². The second-order valence-electron chi connectivity index (χ2n) is 8.25. The van der Waals surface area contributed by atoms with Gasteiger partial charge in [-0.1, -0.05) is 29.3 Å². The summed E-state index contributed by atoms with van der Waals surface area (Å²) < 4.78 is 11.0. The van der Waals surface area contributed by atoms with E-state index in [4.69, 9.17) is 25.9 Å². The van der Waals surface area contributed by atoms with Gasteiger partial charge in [0.15, 0.2) is 6.10 Å². The summed E-state index contributed by atoms with van der Waals surface area (Å²) >= 11 is 6.08. The maximum atomic E-state index is 13.7. The number of nitrogens with zero attached hydrogens (tertiary/aromatic N) is 2. The number of aryl methyl sites for hydroxylation is 1. The summed E-state index contributed by atoms with van der Waals surface area (Å²) in [6.45, 7) is 1.95. The fourth-order valence-corrected chi connectivity index (χ4v) is 4.68. The molecular formula is C26H23ClN2O5. The highest BCUT2D eigenvalue weighted by Crippen LogP contribution is 2.50. The van der Waals surface area contributed by atoms with Crippen LogP contribution in [0.25, 0.3) is 0 Å². The lowest BCUT2D eigenvalue weighted by atomic mass is 9.90. The van der Waals surface area contributed by atoms with Crippen LogP contribution >= 0.6 is 11.6 Å². The van der Waals surface area contributed by atoms with E-state index < -0.39 is 24.0 Å². The zero-order valence-electron chi connectivity index (χ0n) is 18.9. The maximum Gasteiger partial charge on any atom is 0.266 e. The lowest BCUT2D eigenvalue weighted by Gasteiger charge is -2.29. The Morgan fingerprint density at radius 2 is 1.53 bits per heavy atom. The van der Waals surface area contributed by atoms with Crippen LogP contribution in [0.4, 0.5) is 11.4 Å². The molecule has 0 saturated carbocycles. The Morgan fingerprint density at radius 1 is 0.853 bits per heavy atom. The Morgan fingerprint density at radius 3 is 2.18 bits per heavy atom. The quantitative estimate of drug-likeness (QED) is 0.494. The van der Waals surface area contributed by atoms with E-state index >= 15 is 0 Å². The van der Waals surface area contributed by atoms with Crippen molar-refractivity contribution in [1.29, 1.82) is 0 Å². The molecule has 0 aromatic heterocycles. The zero-order valence-corrected chi connectivity index (χ0v) is 19.7. The Labute approximate surface area is 202 Å². The monoisotopic (exact) mass is 478 g/mol. The van der Waals surface area contributed by atoms with Gasteiger partial charge in [-0.3, -0.25) is 14.4 Å². The summed E-state index contributed by atoms with van der Waals surface area (Å²) in [5.74, 6) is -0.344. The lowest BCUT2D eigenvalue weighted by Crippen LogP contribution is -2.37. The summed E-state index contributed by atoms with van der Waals surface area (Å²) in [6, 6.07) is 19.1. The van der Waals surface area contributed by atoms with Gasteiger partial charge in [0.05, 0.1) is 31.6 Å². The number of hydroxylamine groups is 1. The van der Waals surface area contributed by atoms with Gasteiger partial charge in [-0.25, -0.2) is 9.96 Å². The Hall–Kier alpha value is -3.55. The molecule has 5 rings (SSSR count). The Bertz CT molecular complexity index is 1250. The molecule has 0 N–H and O–H groups in total. The number of rotatable bonds is 5. The molecule has 0 spiro atoms. The predicted molar refractivity (Wildman–Crippen MR) is 128 cm³/mol. The van der Waals surface area contributed by atoms with Crippen LogP contribution in [0, 0.1) is 12.8 Å². The van der Waals surface area contributed by atoms with Crippen LogP contribution in [-0.4, -0.2) is 32.1 Å². The third-order valence-electron chi connectivity index (χ3n) is 6.25. The van der Waals surface area contributed by atoms with Crippen molar-refractivity contribution < 1.29 is 23.9 Å². The number of benzene rings is 3. The van der Waals surface area contributed by atoms with Gasteiger partial charge in [0.2, 0.25) is 5.91 Å². The third-order valence-corrected chi connectivity index (χ3v) is 6.50. The molecule has 2 saturated heterocycles. The number of fused-ring (bicyclic) bond motifs is 1. The highest BCUT2D eigenvalue weighted by molar-refractivity contribution is 6.30. The molecule has 2 heterocycles. The number of hydrogen-bond acceptors (Lipinski definition) is 6. The molecule has 0 bridgehead atoms. The first-order valence-electron chi connectivity index (χ1n) is 10.8. The smallest absolute Gasteiger partial charge is 0.266 e. The van der Waals surface area contributed by atoms with E-state index in [2.05, 4.69) is 0 Å². The second-order valence-corrected chi connectivity index (χ2v) is 8.69. The molecule has 2 amide bonds. The van der Waals surface area contributed by atoms with Crippen molar-refractivity contribution >= 4 is 34.8 Å². The number of anilines is 2. The third kappa shape index (κ3) is 3.57. The average molecular weight is 479 g/mol. The van der Waals surface area contributed by atoms with Crippen LogP contribution in [0.1, 0.15) is 17.2 Å². The summed E-state index contributed by atoms with van der Waals surface area (Å²) in [5.41, 5.74) is 2.94. The molecule has 2 fully saturated rings. The fourth-order valence-electron chi connectivity index (χ4n) is 4.55. The molecule has 3 aromatic rings. The van der Waals surface area contributed by atoms with E-state index in [-0.39, 0.29) is 5.91 Å². The number of imide groups is 1. The van der Waals surface area contributed by atoms with Crippen LogP contribution < -0.4 is 19.4 Å². The molecule has 7 nitrogen and oxygen atoms in total. The van der Waals surface area contributed by atoms with E-state index in [1.54, 1.807) is 67.8 Å². The molecule has 174 valence electrons. The van der Waals surface area contributed by atoms with Crippen molar-refractivity contribution in [2.24, 2.45) is 5.92 Å². The normalized spacial score (nSPS) is 21.7. The zero-order chi connectivity index (χ0) is 24.0. The van der Waals surface area contributed by atoms with Crippen molar-refractivity contribution in [2.45, 2.75) is 19.1 Å². The van der Waals surface area contributed by atoms with Crippen molar-refractivity contribution in [3.05, 3.63) is 82.9 Å². The molecule has 3 atom stereocenters. The van der Waals surface area contributed by atoms with Crippen LogP contribution in [0.15, 0.2) is 66.7 Å². The summed E-state index contributed by atoms with van der Waals surface area (Å²) in [5, 5.41) is 2.18. The summed E-state index contributed by atoms with van der Waals surface area (Å²) in [6.07, 6.45) is -0.971. The first-order valence-corrected chi connectivity index (χ1v) is 11.2. The van der Waals surface area contributed by atoms with E-state index in [1.165, 1.54) is 4.90 Å². The SMILES string of the molecule is COc1ccc([C@@H]2[C@@H]3C(=O)N(c4ccc(C)cc4)C(=O)[C@@H]3ON2c2ccc(Cl)cc2)c(OC)c1. The van der Waals surface area contributed by atoms with E-state index in [0.29, 0.717) is 33.5 Å². The van der Waals surface area contributed by atoms with Gasteiger partial charge < -0.3 is 9.47 Å². The standard InChI is InChI=1S/C26H23ClN2O5/c1-15-4-8-17(9-5-15)28-25(30)22-23(20-13-12-19(32-2)14-21(20)33-3)29(34-24(22)26(28)31)18-10-6-16(27)7-11-18/h4-14,22-24H,1-3H3/t22-,23+,24+/m0/s1. The average Bonchev–Trinajstić information content (AvgIpc) is 3.35. The highest BCUT2D eigenvalue weighted by Gasteiger charge is 2.60. The Kier molecular flexibility index (Phi) is 5.67. The molecule has 0 radical (unpaired) electrons.